The van der Waals surface area contributed by atoms with Crippen molar-refractivity contribution in [2.24, 2.45) is 5.16 Å². The van der Waals surface area contributed by atoms with Crippen molar-refractivity contribution >= 4 is 27.6 Å². The molecule has 116 valence electrons. The van der Waals surface area contributed by atoms with Gasteiger partial charge in [-0.05, 0) is 22.0 Å². The highest BCUT2D eigenvalue weighted by molar-refractivity contribution is 9.10. The van der Waals surface area contributed by atoms with Gasteiger partial charge in [0.05, 0.1) is 18.7 Å². The number of nitrogens with zero attached hydrogens (tertiary/aromatic N) is 1. The van der Waals surface area contributed by atoms with Gasteiger partial charge in [0.15, 0.2) is 12.5 Å². The number of ether oxygens (including phenoxy) is 4. The van der Waals surface area contributed by atoms with Crippen LogP contribution >= 0.6 is 15.9 Å². The first-order chi connectivity index (χ1) is 10.1. The van der Waals surface area contributed by atoms with Crippen LogP contribution in [0.5, 0.6) is 11.5 Å². The first-order valence-corrected chi connectivity index (χ1v) is 6.64. The molecule has 1 rings (SSSR count). The van der Waals surface area contributed by atoms with Gasteiger partial charge in [0.1, 0.15) is 11.5 Å². The van der Waals surface area contributed by atoms with Crippen LogP contribution in [0.25, 0.3) is 0 Å². The third-order valence-electron chi connectivity index (χ3n) is 2.57. The molecule has 21 heavy (non-hydrogen) atoms. The van der Waals surface area contributed by atoms with Gasteiger partial charge in [-0.2, -0.15) is 0 Å². The maximum atomic E-state index is 11.5. The molecule has 0 amide bonds. The first-order valence-electron chi connectivity index (χ1n) is 5.84. The van der Waals surface area contributed by atoms with E-state index in [1.54, 1.807) is 12.1 Å². The zero-order chi connectivity index (χ0) is 15.8. The van der Waals surface area contributed by atoms with Gasteiger partial charge in [0.25, 0.3) is 0 Å². The number of rotatable bonds is 7. The van der Waals surface area contributed by atoms with Crippen LogP contribution in [0, 0.1) is 0 Å². The lowest BCUT2D eigenvalue weighted by Crippen LogP contribution is -2.19. The SMILES string of the molecule is COCOc1cc(OC)c(Br)cc1C/C(=N/O)C(=O)OC. The maximum Gasteiger partial charge on any atom is 0.356 e. The molecule has 0 aliphatic rings. The molecule has 0 saturated carbocycles. The minimum atomic E-state index is -0.720. The summed E-state index contributed by atoms with van der Waals surface area (Å²) in [6, 6.07) is 3.35. The molecule has 1 aromatic carbocycles. The molecule has 0 atom stereocenters. The molecule has 0 radical (unpaired) electrons. The summed E-state index contributed by atoms with van der Waals surface area (Å²) in [6.07, 6.45) is 0.0326. The van der Waals surface area contributed by atoms with E-state index in [1.165, 1.54) is 21.3 Å². The topological polar surface area (TPSA) is 86.6 Å². The molecule has 1 N–H and O–H groups in total. The summed E-state index contributed by atoms with van der Waals surface area (Å²) < 4.78 is 20.7. The average molecular weight is 362 g/mol. The van der Waals surface area contributed by atoms with Gasteiger partial charge in [-0.1, -0.05) is 5.16 Å². The molecule has 0 aliphatic carbocycles. The van der Waals surface area contributed by atoms with Crippen LogP contribution in [0.15, 0.2) is 21.8 Å². The number of halogens is 1. The van der Waals surface area contributed by atoms with Crippen molar-refractivity contribution in [3.8, 4) is 11.5 Å². The van der Waals surface area contributed by atoms with E-state index < -0.39 is 5.97 Å². The van der Waals surface area contributed by atoms with Crippen molar-refractivity contribution < 1.29 is 28.9 Å². The van der Waals surface area contributed by atoms with E-state index >= 15 is 0 Å². The van der Waals surface area contributed by atoms with E-state index in [9.17, 15) is 4.79 Å². The Morgan fingerprint density at radius 1 is 1.29 bits per heavy atom. The van der Waals surface area contributed by atoms with E-state index in [-0.39, 0.29) is 18.9 Å². The second-order valence-electron chi connectivity index (χ2n) is 3.86. The Hall–Kier alpha value is -1.80. The highest BCUT2D eigenvalue weighted by Crippen LogP contribution is 2.33. The fourth-order valence-electron chi connectivity index (χ4n) is 1.57. The number of carbonyl (C=O) groups excluding carboxylic acids is 1. The highest BCUT2D eigenvalue weighted by atomic mass is 79.9. The minimum Gasteiger partial charge on any atom is -0.495 e. The number of carbonyl (C=O) groups is 1. The molecular weight excluding hydrogens is 346 g/mol. The Morgan fingerprint density at radius 2 is 2.00 bits per heavy atom. The van der Waals surface area contributed by atoms with Gasteiger partial charge in [-0.3, -0.25) is 0 Å². The van der Waals surface area contributed by atoms with Crippen LogP contribution in [0.2, 0.25) is 0 Å². The lowest BCUT2D eigenvalue weighted by Gasteiger charge is -2.14. The van der Waals surface area contributed by atoms with E-state index in [1.807, 2.05) is 0 Å². The summed E-state index contributed by atoms with van der Waals surface area (Å²) in [5, 5.41) is 11.9. The van der Waals surface area contributed by atoms with Crippen molar-refractivity contribution in [1.82, 2.24) is 0 Å². The number of methoxy groups -OCH3 is 3. The number of hydrogen-bond donors (Lipinski definition) is 1. The lowest BCUT2D eigenvalue weighted by atomic mass is 10.1. The molecule has 0 saturated heterocycles. The van der Waals surface area contributed by atoms with Crippen molar-refractivity contribution in [2.45, 2.75) is 6.42 Å². The number of esters is 1. The summed E-state index contributed by atoms with van der Waals surface area (Å²) in [7, 11) is 4.22. The Kier molecular flexibility index (Phi) is 6.97. The van der Waals surface area contributed by atoms with E-state index in [0.717, 1.165) is 0 Å². The number of hydrogen-bond acceptors (Lipinski definition) is 7. The smallest absolute Gasteiger partial charge is 0.356 e. The summed E-state index contributed by atoms with van der Waals surface area (Å²) >= 11 is 3.35. The highest BCUT2D eigenvalue weighted by Gasteiger charge is 2.18. The minimum absolute atomic E-state index is 0.0294. The Morgan fingerprint density at radius 3 is 2.52 bits per heavy atom. The first kappa shape index (κ1) is 17.3. The quantitative estimate of drug-likeness (QED) is 0.262. The summed E-state index contributed by atoms with van der Waals surface area (Å²) in [6.45, 7) is 0.0294. The average Bonchev–Trinajstić information content (AvgIpc) is 2.50. The molecule has 0 aromatic heterocycles. The Bertz CT molecular complexity index is 532. The fraction of sp³-hybridized carbons (Fsp3) is 0.385. The normalized spacial score (nSPS) is 11.1. The molecule has 8 heteroatoms. The summed E-state index contributed by atoms with van der Waals surface area (Å²) in [4.78, 5) is 11.5. The van der Waals surface area contributed by atoms with E-state index in [4.69, 9.17) is 19.4 Å². The third kappa shape index (κ3) is 4.61. The summed E-state index contributed by atoms with van der Waals surface area (Å²) in [5.41, 5.74) is 0.467. The van der Waals surface area contributed by atoms with Crippen LogP contribution in [0.1, 0.15) is 5.56 Å². The molecule has 0 aliphatic heterocycles. The van der Waals surface area contributed by atoms with E-state index in [2.05, 4.69) is 25.8 Å². The second kappa shape index (κ2) is 8.48. The van der Waals surface area contributed by atoms with Gasteiger partial charge >= 0.3 is 5.97 Å². The van der Waals surface area contributed by atoms with Crippen molar-refractivity contribution in [1.29, 1.82) is 0 Å². The largest absolute Gasteiger partial charge is 0.495 e. The second-order valence-corrected chi connectivity index (χ2v) is 4.71. The van der Waals surface area contributed by atoms with Crippen molar-refractivity contribution in [2.75, 3.05) is 28.1 Å². The predicted molar refractivity (Wildman–Crippen MR) is 78.1 cm³/mol. The number of oxime groups is 1. The van der Waals surface area contributed by atoms with Crippen molar-refractivity contribution in [3.05, 3.63) is 22.2 Å². The van der Waals surface area contributed by atoms with Crippen LogP contribution in [-0.2, 0) is 20.7 Å². The monoisotopic (exact) mass is 361 g/mol. The standard InChI is InChI=1S/C13H16BrNO6/c1-18-7-21-11-6-12(19-2)9(14)4-8(11)5-10(15-17)13(16)20-3/h4,6,17H,5,7H2,1-3H3/b15-10-. The Balaban J connectivity index is 3.13. The molecule has 0 unspecified atom stereocenters. The fourth-order valence-corrected chi connectivity index (χ4v) is 2.13. The van der Waals surface area contributed by atoms with Crippen LogP contribution in [0.3, 0.4) is 0 Å². The predicted octanol–water partition coefficient (Wildman–Crippen LogP) is 1.99. The van der Waals surface area contributed by atoms with Crippen LogP contribution in [-0.4, -0.2) is 45.0 Å². The Labute approximate surface area is 130 Å². The van der Waals surface area contributed by atoms with Crippen LogP contribution < -0.4 is 9.47 Å². The van der Waals surface area contributed by atoms with Gasteiger partial charge in [-0.25, -0.2) is 4.79 Å². The molecular formula is C13H16BrNO6. The van der Waals surface area contributed by atoms with Crippen molar-refractivity contribution in [3.63, 3.8) is 0 Å². The molecule has 0 bridgehead atoms. The summed E-state index contributed by atoms with van der Waals surface area (Å²) in [5.74, 6) is 0.287. The molecule has 0 fully saturated rings. The number of benzene rings is 1. The molecule has 1 aromatic rings. The van der Waals surface area contributed by atoms with Gasteiger partial charge in [0, 0.05) is 25.2 Å². The van der Waals surface area contributed by atoms with Crippen LogP contribution in [0.4, 0.5) is 0 Å². The van der Waals surface area contributed by atoms with Gasteiger partial charge in [0.2, 0.25) is 0 Å². The maximum absolute atomic E-state index is 11.5. The van der Waals surface area contributed by atoms with Gasteiger partial charge < -0.3 is 24.2 Å². The third-order valence-corrected chi connectivity index (χ3v) is 3.19. The molecule has 0 spiro atoms. The molecule has 7 nitrogen and oxygen atoms in total. The molecule has 0 heterocycles. The zero-order valence-electron chi connectivity index (χ0n) is 11.9. The zero-order valence-corrected chi connectivity index (χ0v) is 13.5. The van der Waals surface area contributed by atoms with Gasteiger partial charge in [-0.15, -0.1) is 0 Å². The van der Waals surface area contributed by atoms with E-state index in [0.29, 0.717) is 21.5 Å². The lowest BCUT2D eigenvalue weighted by molar-refractivity contribution is -0.133.